The van der Waals surface area contributed by atoms with Crippen LogP contribution in [0.2, 0.25) is 0 Å². The van der Waals surface area contributed by atoms with Crippen LogP contribution in [-0.2, 0) is 6.54 Å². The van der Waals surface area contributed by atoms with Crippen molar-refractivity contribution in [1.82, 2.24) is 0 Å². The highest BCUT2D eigenvalue weighted by Gasteiger charge is 2.05. The monoisotopic (exact) mass is 201 g/mol. The Kier molecular flexibility index (Phi) is 4.53. The molecule has 0 aliphatic rings. The summed E-state index contributed by atoms with van der Waals surface area (Å²) in [5.41, 5.74) is 1.44. The smallest absolute Gasteiger partial charge is 0.239 e. The molecular formula is C9H16ClNSi. The van der Waals surface area contributed by atoms with Gasteiger partial charge >= 0.3 is 0 Å². The Labute approximate surface area is 83.9 Å². The van der Waals surface area contributed by atoms with Gasteiger partial charge in [0.1, 0.15) is 0 Å². The largest absolute Gasteiger partial charge is 1.00 e. The zero-order valence-electron chi connectivity index (χ0n) is 7.92. The van der Waals surface area contributed by atoms with Crippen molar-refractivity contribution >= 4 is 10.4 Å². The predicted octanol–water partition coefficient (Wildman–Crippen LogP) is -2.45. The van der Waals surface area contributed by atoms with E-state index in [9.17, 15) is 0 Å². The van der Waals surface area contributed by atoms with Crippen molar-refractivity contribution in [3.63, 3.8) is 0 Å². The molecule has 0 N–H and O–H groups in total. The first-order valence-corrected chi connectivity index (χ1v) is 4.82. The summed E-state index contributed by atoms with van der Waals surface area (Å²) in [7, 11) is 5.73. The molecule has 1 rings (SSSR count). The van der Waals surface area contributed by atoms with Gasteiger partial charge < -0.3 is 16.6 Å². The molecule has 0 spiro atoms. The van der Waals surface area contributed by atoms with E-state index in [4.69, 9.17) is 0 Å². The third kappa shape index (κ3) is 4.54. The van der Waals surface area contributed by atoms with Gasteiger partial charge in [-0.15, -0.1) is 0 Å². The van der Waals surface area contributed by atoms with Crippen molar-refractivity contribution in [1.29, 1.82) is 0 Å². The maximum absolute atomic E-state index is 2.26. The van der Waals surface area contributed by atoms with E-state index >= 15 is 0 Å². The fraction of sp³-hybridized carbons (Fsp3) is 0.333. The maximum Gasteiger partial charge on any atom is 0.239 e. The van der Waals surface area contributed by atoms with Gasteiger partial charge in [0, 0.05) is 5.56 Å². The van der Waals surface area contributed by atoms with Gasteiger partial charge in [-0.3, -0.25) is 0 Å². The normalized spacial score (nSPS) is 10.8. The van der Waals surface area contributed by atoms with Crippen molar-refractivity contribution in [3.8, 4) is 0 Å². The fourth-order valence-corrected chi connectivity index (χ4v) is 1.50. The van der Waals surface area contributed by atoms with Crippen LogP contribution in [-0.4, -0.2) is 28.6 Å². The molecule has 0 aliphatic carbocycles. The van der Waals surface area contributed by atoms with Gasteiger partial charge in [0.2, 0.25) is 10.4 Å². The number of halogens is 1. The zero-order chi connectivity index (χ0) is 8.32. The third-order valence-electron chi connectivity index (χ3n) is 1.50. The Hall–Kier alpha value is -0.313. The second kappa shape index (κ2) is 4.65. The van der Waals surface area contributed by atoms with E-state index in [1.54, 1.807) is 0 Å². The second-order valence-corrected chi connectivity index (χ2v) is 6.36. The lowest BCUT2D eigenvalue weighted by Gasteiger charge is -2.25. The van der Waals surface area contributed by atoms with Crippen LogP contribution in [0, 0.1) is 0 Å². The number of rotatable bonds is 2. The molecule has 3 heteroatoms. The van der Waals surface area contributed by atoms with Crippen molar-refractivity contribution in [3.05, 3.63) is 35.9 Å². The van der Waals surface area contributed by atoms with E-state index in [0.717, 1.165) is 10.7 Å². The van der Waals surface area contributed by atoms with Crippen LogP contribution in [0.3, 0.4) is 0 Å². The first kappa shape index (κ1) is 11.7. The van der Waals surface area contributed by atoms with Crippen LogP contribution in [0.4, 0.5) is 0 Å². The Balaban J connectivity index is 0.00000121. The lowest BCUT2D eigenvalue weighted by Crippen LogP contribution is -3.00. The van der Waals surface area contributed by atoms with E-state index in [2.05, 4.69) is 44.4 Å². The molecule has 0 saturated carbocycles. The van der Waals surface area contributed by atoms with Crippen LogP contribution in [0.5, 0.6) is 0 Å². The SMILES string of the molecule is C[N+](C)([SiH3])Cc1ccccc1.[Cl-]. The summed E-state index contributed by atoms with van der Waals surface area (Å²) in [6.45, 7) is 1.16. The molecule has 0 unspecified atom stereocenters. The second-order valence-electron chi connectivity index (χ2n) is 3.93. The maximum atomic E-state index is 2.26. The summed E-state index contributed by atoms with van der Waals surface area (Å²) in [5.74, 6) is 0. The molecule has 0 fully saturated rings. The summed E-state index contributed by atoms with van der Waals surface area (Å²) in [6.07, 6.45) is 0. The molecule has 1 aromatic rings. The standard InChI is InChI=1S/C9H16NSi.ClH/c1-10(2,11)8-9-6-4-3-5-7-9;/h3-7H,8H2,1-2,11H3;1H/q+1;/p-1. The predicted molar refractivity (Wildman–Crippen MR) is 52.2 cm³/mol. The number of hydrogen-bond donors (Lipinski definition) is 0. The molecule has 1 aromatic carbocycles. The third-order valence-corrected chi connectivity index (χ3v) is 1.82. The summed E-state index contributed by atoms with van der Waals surface area (Å²) in [4.78, 5) is 0. The van der Waals surface area contributed by atoms with Crippen molar-refractivity contribution in [2.75, 3.05) is 14.1 Å². The van der Waals surface area contributed by atoms with Gasteiger partial charge in [0.25, 0.3) is 0 Å². The van der Waals surface area contributed by atoms with E-state index in [-0.39, 0.29) is 12.4 Å². The molecule has 0 atom stereocenters. The number of nitrogens with zero attached hydrogens (tertiary/aromatic N) is 1. The lowest BCUT2D eigenvalue weighted by atomic mass is 10.2. The molecule has 0 aliphatic heterocycles. The molecule has 0 aromatic heterocycles. The molecule has 1 nitrogen and oxygen atoms in total. The quantitative estimate of drug-likeness (QED) is 0.467. The van der Waals surface area contributed by atoms with Gasteiger partial charge in [0.15, 0.2) is 0 Å². The molecule has 0 bridgehead atoms. The summed E-state index contributed by atoms with van der Waals surface area (Å²) in [5, 5.41) is 0. The van der Waals surface area contributed by atoms with Crippen LogP contribution >= 0.6 is 0 Å². The van der Waals surface area contributed by atoms with Crippen molar-refractivity contribution < 1.29 is 16.6 Å². The van der Waals surface area contributed by atoms with E-state index < -0.39 is 0 Å². The Morgan fingerprint density at radius 2 is 1.67 bits per heavy atom. The highest BCUT2D eigenvalue weighted by molar-refractivity contribution is 5.97. The zero-order valence-corrected chi connectivity index (χ0v) is 10.7. The fourth-order valence-electron chi connectivity index (χ4n) is 1.13. The Bertz CT molecular complexity index is 218. The minimum atomic E-state index is 0. The molecule has 0 heterocycles. The molecule has 0 saturated heterocycles. The Morgan fingerprint density at radius 3 is 2.08 bits per heavy atom. The number of quaternary nitrogens is 1. The summed E-state index contributed by atoms with van der Waals surface area (Å²) in [6, 6.07) is 10.7. The minimum absolute atomic E-state index is 0. The van der Waals surface area contributed by atoms with Gasteiger partial charge in [-0.2, -0.15) is 0 Å². The molecule has 68 valence electrons. The summed E-state index contributed by atoms with van der Waals surface area (Å²) >= 11 is 0. The molecular weight excluding hydrogens is 186 g/mol. The van der Waals surface area contributed by atoms with E-state index in [1.165, 1.54) is 16.0 Å². The Morgan fingerprint density at radius 1 is 1.17 bits per heavy atom. The lowest BCUT2D eigenvalue weighted by molar-refractivity contribution is -0.787. The van der Waals surface area contributed by atoms with Crippen LogP contribution in [0.25, 0.3) is 0 Å². The van der Waals surface area contributed by atoms with Gasteiger partial charge in [0.05, 0.1) is 20.6 Å². The minimum Gasteiger partial charge on any atom is -1.00 e. The molecule has 12 heavy (non-hydrogen) atoms. The number of benzene rings is 1. The highest BCUT2D eigenvalue weighted by atomic mass is 35.5. The first-order chi connectivity index (χ1) is 5.08. The topological polar surface area (TPSA) is 0 Å². The van der Waals surface area contributed by atoms with Crippen LogP contribution in [0.15, 0.2) is 30.3 Å². The van der Waals surface area contributed by atoms with E-state index in [0.29, 0.717) is 0 Å². The van der Waals surface area contributed by atoms with Gasteiger partial charge in [-0.1, -0.05) is 30.3 Å². The average molecular weight is 202 g/mol. The molecule has 0 amide bonds. The van der Waals surface area contributed by atoms with Crippen molar-refractivity contribution in [2.24, 2.45) is 0 Å². The van der Waals surface area contributed by atoms with Crippen molar-refractivity contribution in [2.45, 2.75) is 6.54 Å². The molecule has 0 radical (unpaired) electrons. The first-order valence-electron chi connectivity index (χ1n) is 3.92. The van der Waals surface area contributed by atoms with E-state index in [1.807, 2.05) is 0 Å². The van der Waals surface area contributed by atoms with Gasteiger partial charge in [-0.05, 0) is 0 Å². The number of hydrogen-bond acceptors (Lipinski definition) is 0. The average Bonchev–Trinajstić information content (AvgIpc) is 1.85. The van der Waals surface area contributed by atoms with Crippen LogP contribution in [0.1, 0.15) is 5.56 Å². The van der Waals surface area contributed by atoms with Gasteiger partial charge in [-0.25, -0.2) is 0 Å². The highest BCUT2D eigenvalue weighted by Crippen LogP contribution is 2.04. The summed E-state index contributed by atoms with van der Waals surface area (Å²) < 4.78 is 1.13. The van der Waals surface area contributed by atoms with Crippen LogP contribution < -0.4 is 12.4 Å².